The van der Waals surface area contributed by atoms with Crippen molar-refractivity contribution in [2.24, 2.45) is 0 Å². The summed E-state index contributed by atoms with van der Waals surface area (Å²) in [6.45, 7) is 5.44. The number of hydrogen-bond acceptors (Lipinski definition) is 0. The molecule has 77 valence electrons. The Labute approximate surface area is 89.3 Å². The molecule has 0 amide bonds. The van der Waals surface area contributed by atoms with Crippen LogP contribution in [0.2, 0.25) is 0 Å². The Balaban J connectivity index is 3.21. The largest absolute Gasteiger partial charge is 0.416 e. The van der Waals surface area contributed by atoms with Gasteiger partial charge >= 0.3 is 6.18 Å². The van der Waals surface area contributed by atoms with Crippen molar-refractivity contribution >= 4 is 15.9 Å². The maximum atomic E-state index is 12.4. The topological polar surface area (TPSA) is 0 Å². The fourth-order valence-corrected chi connectivity index (χ4v) is 1.57. The zero-order valence-electron chi connectivity index (χ0n) is 7.53. The molecule has 0 saturated carbocycles. The van der Waals surface area contributed by atoms with Gasteiger partial charge in [-0.1, -0.05) is 22.9 Å². The molecule has 1 atom stereocenters. The molecule has 0 aliphatic heterocycles. The zero-order valence-corrected chi connectivity index (χ0v) is 9.11. The maximum Gasteiger partial charge on any atom is 0.416 e. The van der Waals surface area contributed by atoms with Crippen LogP contribution >= 0.6 is 15.9 Å². The molecule has 0 aliphatic carbocycles. The van der Waals surface area contributed by atoms with Crippen LogP contribution in [0.5, 0.6) is 0 Å². The van der Waals surface area contributed by atoms with E-state index in [-0.39, 0.29) is 5.92 Å². The first kappa shape index (κ1) is 11.6. The molecule has 1 aromatic carbocycles. The summed E-state index contributed by atoms with van der Waals surface area (Å²) in [4.78, 5) is 0. The Hall–Kier alpha value is -0.510. The van der Waals surface area contributed by atoms with E-state index in [0.29, 0.717) is 10.0 Å². The van der Waals surface area contributed by atoms with Crippen molar-refractivity contribution in [3.63, 3.8) is 0 Å². The SMILES string of the molecule is [CH2]C(C)c1cc(Br)cc(C(F)(F)F)c1. The molecule has 1 aromatic rings. The minimum atomic E-state index is -4.30. The van der Waals surface area contributed by atoms with Gasteiger partial charge in [0.2, 0.25) is 0 Å². The molecule has 0 aromatic heterocycles. The van der Waals surface area contributed by atoms with Crippen molar-refractivity contribution in [1.82, 2.24) is 0 Å². The lowest BCUT2D eigenvalue weighted by Crippen LogP contribution is -2.06. The highest BCUT2D eigenvalue weighted by molar-refractivity contribution is 9.10. The fraction of sp³-hybridized carbons (Fsp3) is 0.300. The third-order valence-electron chi connectivity index (χ3n) is 1.82. The van der Waals surface area contributed by atoms with Crippen molar-refractivity contribution in [1.29, 1.82) is 0 Å². The van der Waals surface area contributed by atoms with E-state index in [1.165, 1.54) is 0 Å². The molecule has 0 saturated heterocycles. The average molecular weight is 266 g/mol. The van der Waals surface area contributed by atoms with E-state index >= 15 is 0 Å². The second-order valence-electron chi connectivity index (χ2n) is 3.17. The van der Waals surface area contributed by atoms with Crippen molar-refractivity contribution < 1.29 is 13.2 Å². The molecular weight excluding hydrogens is 257 g/mol. The van der Waals surface area contributed by atoms with E-state index < -0.39 is 11.7 Å². The van der Waals surface area contributed by atoms with Crippen LogP contribution in [0.25, 0.3) is 0 Å². The lowest BCUT2D eigenvalue weighted by molar-refractivity contribution is -0.137. The zero-order chi connectivity index (χ0) is 10.9. The molecule has 0 N–H and O–H groups in total. The van der Waals surface area contributed by atoms with E-state index in [2.05, 4.69) is 22.9 Å². The quantitative estimate of drug-likeness (QED) is 0.706. The van der Waals surface area contributed by atoms with Gasteiger partial charge in [-0.15, -0.1) is 0 Å². The molecule has 0 bridgehead atoms. The standard InChI is InChI=1S/C10H9BrF3/c1-6(2)7-3-8(10(12,13)14)5-9(11)4-7/h3-6H,1H2,2H3. The van der Waals surface area contributed by atoms with Gasteiger partial charge < -0.3 is 0 Å². The van der Waals surface area contributed by atoms with Crippen LogP contribution in [-0.4, -0.2) is 0 Å². The van der Waals surface area contributed by atoms with Crippen LogP contribution in [0.1, 0.15) is 24.0 Å². The molecule has 0 fully saturated rings. The Morgan fingerprint density at radius 1 is 1.29 bits per heavy atom. The third kappa shape index (κ3) is 2.74. The van der Waals surface area contributed by atoms with Crippen molar-refractivity contribution in [2.45, 2.75) is 19.0 Å². The van der Waals surface area contributed by atoms with Gasteiger partial charge in [-0.2, -0.15) is 13.2 Å². The van der Waals surface area contributed by atoms with Crippen LogP contribution in [-0.2, 0) is 6.18 Å². The lowest BCUT2D eigenvalue weighted by Gasteiger charge is -2.11. The molecule has 0 heterocycles. The van der Waals surface area contributed by atoms with Crippen LogP contribution in [0, 0.1) is 6.92 Å². The summed E-state index contributed by atoms with van der Waals surface area (Å²) in [5, 5.41) is 0. The van der Waals surface area contributed by atoms with E-state index in [9.17, 15) is 13.2 Å². The molecule has 0 nitrogen and oxygen atoms in total. The molecule has 4 heteroatoms. The summed E-state index contributed by atoms with van der Waals surface area (Å²) in [6, 6.07) is 3.83. The van der Waals surface area contributed by atoms with Gasteiger partial charge in [0, 0.05) is 4.47 Å². The Kier molecular flexibility index (Phi) is 3.24. The minimum absolute atomic E-state index is 0.159. The summed E-state index contributed by atoms with van der Waals surface area (Å²) >= 11 is 3.05. The van der Waals surface area contributed by atoms with Gasteiger partial charge in [-0.05, 0) is 36.6 Å². The lowest BCUT2D eigenvalue weighted by atomic mass is 10.0. The second kappa shape index (κ2) is 3.93. The predicted octanol–water partition coefficient (Wildman–Crippen LogP) is 4.41. The van der Waals surface area contributed by atoms with Gasteiger partial charge in [0.25, 0.3) is 0 Å². The average Bonchev–Trinajstić information content (AvgIpc) is 2.01. The van der Waals surface area contributed by atoms with E-state index in [1.807, 2.05) is 0 Å². The predicted molar refractivity (Wildman–Crippen MR) is 52.9 cm³/mol. The summed E-state index contributed by atoms with van der Waals surface area (Å²) < 4.78 is 37.5. The van der Waals surface area contributed by atoms with Crippen LogP contribution in [0.15, 0.2) is 22.7 Å². The van der Waals surface area contributed by atoms with Crippen molar-refractivity contribution in [3.05, 3.63) is 40.7 Å². The van der Waals surface area contributed by atoms with Gasteiger partial charge in [0.1, 0.15) is 0 Å². The van der Waals surface area contributed by atoms with Gasteiger partial charge in [-0.25, -0.2) is 0 Å². The highest BCUT2D eigenvalue weighted by atomic mass is 79.9. The maximum absolute atomic E-state index is 12.4. The van der Waals surface area contributed by atoms with Gasteiger partial charge in [0.05, 0.1) is 5.56 Å². The molecule has 1 rings (SSSR count). The minimum Gasteiger partial charge on any atom is -0.166 e. The Morgan fingerprint density at radius 2 is 1.86 bits per heavy atom. The Morgan fingerprint density at radius 3 is 2.29 bits per heavy atom. The molecule has 1 unspecified atom stereocenters. The first-order valence-corrected chi connectivity index (χ1v) is 4.81. The van der Waals surface area contributed by atoms with Crippen molar-refractivity contribution in [3.8, 4) is 0 Å². The van der Waals surface area contributed by atoms with E-state index in [0.717, 1.165) is 12.1 Å². The highest BCUT2D eigenvalue weighted by Crippen LogP contribution is 2.33. The molecular formula is C10H9BrF3. The molecule has 1 radical (unpaired) electrons. The number of rotatable bonds is 1. The summed E-state index contributed by atoms with van der Waals surface area (Å²) in [5.74, 6) is -0.159. The van der Waals surface area contributed by atoms with Crippen molar-refractivity contribution in [2.75, 3.05) is 0 Å². The fourth-order valence-electron chi connectivity index (χ4n) is 1.06. The number of alkyl halides is 3. The molecule has 0 aliphatic rings. The molecule has 0 spiro atoms. The summed E-state index contributed by atoms with van der Waals surface area (Å²) in [6.07, 6.45) is -4.30. The van der Waals surface area contributed by atoms with Gasteiger partial charge in [0.15, 0.2) is 0 Å². The van der Waals surface area contributed by atoms with Gasteiger partial charge in [-0.3, -0.25) is 0 Å². The first-order valence-electron chi connectivity index (χ1n) is 4.01. The Bertz CT molecular complexity index is 329. The monoisotopic (exact) mass is 265 g/mol. The van der Waals surface area contributed by atoms with Crippen LogP contribution in [0.4, 0.5) is 13.2 Å². The van der Waals surface area contributed by atoms with E-state index in [1.54, 1.807) is 13.0 Å². The van der Waals surface area contributed by atoms with Crippen LogP contribution < -0.4 is 0 Å². The number of benzene rings is 1. The number of hydrogen-bond donors (Lipinski definition) is 0. The molecule has 14 heavy (non-hydrogen) atoms. The summed E-state index contributed by atoms with van der Waals surface area (Å²) in [7, 11) is 0. The third-order valence-corrected chi connectivity index (χ3v) is 2.27. The van der Waals surface area contributed by atoms with Crippen LogP contribution in [0.3, 0.4) is 0 Å². The normalized spacial score (nSPS) is 12.2. The second-order valence-corrected chi connectivity index (χ2v) is 4.09. The first-order chi connectivity index (χ1) is 6.30. The highest BCUT2D eigenvalue weighted by Gasteiger charge is 2.31. The smallest absolute Gasteiger partial charge is 0.166 e. The summed E-state index contributed by atoms with van der Waals surface area (Å²) in [5.41, 5.74) is -0.0657. The number of halogens is 4. The van der Waals surface area contributed by atoms with E-state index in [4.69, 9.17) is 0 Å².